The minimum atomic E-state index is -0.522. The second-order valence-electron chi connectivity index (χ2n) is 6.86. The third kappa shape index (κ3) is 2.47. The van der Waals surface area contributed by atoms with Gasteiger partial charge < -0.3 is 5.32 Å². The monoisotopic (exact) mass is 382 g/mol. The van der Waals surface area contributed by atoms with Gasteiger partial charge in [0.1, 0.15) is 24.1 Å². The maximum absolute atomic E-state index is 14.2. The SMILES string of the molecule is CN1NCN=C1C1c2n[nH]c(=O)c3cc(F)cc(c23)NC1c1ccc(F)cc1. The molecule has 2 aliphatic rings. The van der Waals surface area contributed by atoms with Crippen molar-refractivity contribution in [3.05, 3.63) is 69.6 Å². The molecule has 0 aliphatic carbocycles. The highest BCUT2D eigenvalue weighted by Crippen LogP contribution is 2.44. The summed E-state index contributed by atoms with van der Waals surface area (Å²) in [6.07, 6.45) is 0. The Hall–Kier alpha value is -3.33. The van der Waals surface area contributed by atoms with Crippen molar-refractivity contribution in [2.75, 3.05) is 19.0 Å². The summed E-state index contributed by atoms with van der Waals surface area (Å²) in [4.78, 5) is 16.8. The van der Waals surface area contributed by atoms with Crippen LogP contribution >= 0.6 is 0 Å². The molecular formula is C19H16F2N6O. The van der Waals surface area contributed by atoms with Gasteiger partial charge in [0, 0.05) is 18.1 Å². The summed E-state index contributed by atoms with van der Waals surface area (Å²) in [5.74, 6) is -0.518. The van der Waals surface area contributed by atoms with Crippen LogP contribution in [0.3, 0.4) is 0 Å². The standard InChI is InChI=1S/C19H16F2N6O/c1-27-18(22-8-23-27)15-16(9-2-4-10(20)5-3-9)24-13-7-11(21)6-12-14(13)17(15)25-26-19(12)28/h2-7,15-16,23-24H,8H2,1H3,(H,26,28). The summed E-state index contributed by atoms with van der Waals surface area (Å²) in [5.41, 5.74) is 4.51. The summed E-state index contributed by atoms with van der Waals surface area (Å²) in [6.45, 7) is 0.418. The first-order chi connectivity index (χ1) is 13.5. The van der Waals surface area contributed by atoms with Crippen LogP contribution in [0.5, 0.6) is 0 Å². The maximum Gasteiger partial charge on any atom is 0.272 e. The van der Waals surface area contributed by atoms with Gasteiger partial charge >= 0.3 is 0 Å². The number of amidine groups is 1. The number of H-pyrrole nitrogens is 1. The van der Waals surface area contributed by atoms with Crippen LogP contribution in [0.1, 0.15) is 23.2 Å². The van der Waals surface area contributed by atoms with Crippen LogP contribution in [0.15, 0.2) is 46.2 Å². The fraction of sp³-hybridized carbons (Fsp3) is 0.211. The van der Waals surface area contributed by atoms with Crippen molar-refractivity contribution in [2.24, 2.45) is 4.99 Å². The summed E-state index contributed by atoms with van der Waals surface area (Å²) in [7, 11) is 1.84. The second kappa shape index (κ2) is 6.10. The van der Waals surface area contributed by atoms with Gasteiger partial charge in [0.05, 0.1) is 23.0 Å². The fourth-order valence-corrected chi connectivity index (χ4v) is 3.97. The van der Waals surface area contributed by atoms with E-state index < -0.39 is 11.4 Å². The lowest BCUT2D eigenvalue weighted by atomic mass is 9.83. The van der Waals surface area contributed by atoms with E-state index in [1.165, 1.54) is 24.3 Å². The molecule has 3 N–H and O–H groups in total. The Morgan fingerprint density at radius 1 is 1.14 bits per heavy atom. The zero-order valence-corrected chi connectivity index (χ0v) is 14.8. The molecule has 0 radical (unpaired) electrons. The molecule has 0 saturated heterocycles. The van der Waals surface area contributed by atoms with Crippen molar-refractivity contribution in [3.8, 4) is 0 Å². The van der Waals surface area contributed by atoms with Crippen LogP contribution in [-0.4, -0.2) is 34.8 Å². The second-order valence-corrected chi connectivity index (χ2v) is 6.86. The lowest BCUT2D eigenvalue weighted by Gasteiger charge is -2.36. The average molecular weight is 382 g/mol. The van der Waals surface area contributed by atoms with E-state index in [9.17, 15) is 13.6 Å². The first kappa shape index (κ1) is 16.8. The van der Waals surface area contributed by atoms with E-state index in [4.69, 9.17) is 0 Å². The van der Waals surface area contributed by atoms with Gasteiger partial charge in [-0.1, -0.05) is 12.1 Å². The Kier molecular flexibility index (Phi) is 3.66. The van der Waals surface area contributed by atoms with Gasteiger partial charge in [0.25, 0.3) is 5.56 Å². The Balaban J connectivity index is 1.78. The smallest absolute Gasteiger partial charge is 0.272 e. The largest absolute Gasteiger partial charge is 0.376 e. The molecule has 142 valence electrons. The summed E-state index contributed by atoms with van der Waals surface area (Å²) in [5, 5.41) is 12.7. The molecule has 1 aromatic heterocycles. The van der Waals surface area contributed by atoms with Gasteiger partial charge in [-0.15, -0.1) is 0 Å². The molecule has 2 aliphatic heterocycles. The molecule has 3 heterocycles. The van der Waals surface area contributed by atoms with E-state index in [1.54, 1.807) is 17.1 Å². The molecule has 2 unspecified atom stereocenters. The van der Waals surface area contributed by atoms with Gasteiger partial charge in [-0.25, -0.2) is 19.3 Å². The molecule has 0 bridgehead atoms. The normalized spacial score (nSPS) is 21.0. The van der Waals surface area contributed by atoms with E-state index in [0.29, 0.717) is 23.4 Å². The molecule has 9 heteroatoms. The number of halogens is 2. The van der Waals surface area contributed by atoms with Gasteiger partial charge in [-0.05, 0) is 29.8 Å². The number of rotatable bonds is 2. The number of aromatic amines is 1. The molecule has 0 spiro atoms. The summed E-state index contributed by atoms with van der Waals surface area (Å²) < 4.78 is 27.6. The first-order valence-electron chi connectivity index (χ1n) is 8.78. The van der Waals surface area contributed by atoms with Crippen molar-refractivity contribution >= 4 is 22.3 Å². The van der Waals surface area contributed by atoms with Gasteiger partial charge in [0.2, 0.25) is 0 Å². The van der Waals surface area contributed by atoms with E-state index in [0.717, 1.165) is 11.4 Å². The number of likely N-dealkylation sites (N-methyl/N-ethyl adjacent to an activating group) is 1. The summed E-state index contributed by atoms with van der Waals surface area (Å²) >= 11 is 0. The highest BCUT2D eigenvalue weighted by Gasteiger charge is 2.39. The number of benzene rings is 2. The van der Waals surface area contributed by atoms with Crippen LogP contribution in [0.4, 0.5) is 14.5 Å². The van der Waals surface area contributed by atoms with E-state index in [-0.39, 0.29) is 23.2 Å². The van der Waals surface area contributed by atoms with Crippen LogP contribution in [0.25, 0.3) is 10.8 Å². The number of hydrogen-bond acceptors (Lipinski definition) is 6. The number of nitrogens with zero attached hydrogens (tertiary/aromatic N) is 3. The first-order valence-corrected chi connectivity index (χ1v) is 8.78. The van der Waals surface area contributed by atoms with Gasteiger partial charge in [0.15, 0.2) is 0 Å². The molecule has 7 nitrogen and oxygen atoms in total. The average Bonchev–Trinajstić information content (AvgIpc) is 3.10. The highest BCUT2D eigenvalue weighted by atomic mass is 19.1. The van der Waals surface area contributed by atoms with Crippen molar-refractivity contribution in [3.63, 3.8) is 0 Å². The number of hydrogen-bond donors (Lipinski definition) is 3. The molecule has 2 atom stereocenters. The third-order valence-electron chi connectivity index (χ3n) is 5.22. The van der Waals surface area contributed by atoms with E-state index >= 15 is 0 Å². The van der Waals surface area contributed by atoms with Crippen molar-refractivity contribution in [1.29, 1.82) is 0 Å². The Bertz CT molecular complexity index is 1170. The molecule has 28 heavy (non-hydrogen) atoms. The molecule has 3 aromatic rings. The van der Waals surface area contributed by atoms with Crippen LogP contribution in [0.2, 0.25) is 0 Å². The minimum absolute atomic E-state index is 0.226. The van der Waals surface area contributed by atoms with Crippen molar-refractivity contribution < 1.29 is 8.78 Å². The maximum atomic E-state index is 14.2. The molecule has 0 saturated carbocycles. The molecular weight excluding hydrogens is 366 g/mol. The lowest BCUT2D eigenvalue weighted by molar-refractivity contribution is 0.394. The fourth-order valence-electron chi connectivity index (χ4n) is 3.97. The van der Waals surface area contributed by atoms with E-state index in [2.05, 4.69) is 25.9 Å². The molecule has 0 amide bonds. The summed E-state index contributed by atoms with van der Waals surface area (Å²) in [6, 6.07) is 8.28. The van der Waals surface area contributed by atoms with Crippen LogP contribution in [0, 0.1) is 11.6 Å². The number of hydrazine groups is 1. The molecule has 0 fully saturated rings. The number of nitrogens with one attached hydrogen (secondary N) is 3. The zero-order chi connectivity index (χ0) is 19.4. The molecule has 2 aromatic carbocycles. The topological polar surface area (TPSA) is 85.4 Å². The van der Waals surface area contributed by atoms with Gasteiger partial charge in [-0.2, -0.15) is 5.10 Å². The molecule has 5 rings (SSSR count). The number of aliphatic imine (C=N–C) groups is 1. The van der Waals surface area contributed by atoms with Crippen molar-refractivity contribution in [2.45, 2.75) is 12.0 Å². The Morgan fingerprint density at radius 3 is 2.64 bits per heavy atom. The Morgan fingerprint density at radius 2 is 1.93 bits per heavy atom. The lowest BCUT2D eigenvalue weighted by Crippen LogP contribution is -2.41. The van der Waals surface area contributed by atoms with E-state index in [1.807, 2.05) is 7.05 Å². The minimum Gasteiger partial charge on any atom is -0.376 e. The highest BCUT2D eigenvalue weighted by molar-refractivity contribution is 6.02. The van der Waals surface area contributed by atoms with Gasteiger partial charge in [-0.3, -0.25) is 14.8 Å². The third-order valence-corrected chi connectivity index (χ3v) is 5.22. The Labute approximate surface area is 158 Å². The predicted molar refractivity (Wildman–Crippen MR) is 101 cm³/mol. The number of anilines is 1. The van der Waals surface area contributed by atoms with Crippen LogP contribution < -0.4 is 16.3 Å². The zero-order valence-electron chi connectivity index (χ0n) is 14.8. The quantitative estimate of drug-likeness (QED) is 0.633. The predicted octanol–water partition coefficient (Wildman–Crippen LogP) is 2.26. The van der Waals surface area contributed by atoms with Crippen LogP contribution in [-0.2, 0) is 0 Å². The van der Waals surface area contributed by atoms with Crippen molar-refractivity contribution in [1.82, 2.24) is 20.6 Å². The number of aromatic nitrogens is 2.